The summed E-state index contributed by atoms with van der Waals surface area (Å²) in [6, 6.07) is 21.1. The lowest BCUT2D eigenvalue weighted by Crippen LogP contribution is -2.50. The molecule has 0 aliphatic carbocycles. The highest BCUT2D eigenvalue weighted by molar-refractivity contribution is 5.99. The molecule has 1 fully saturated rings. The Morgan fingerprint density at radius 3 is 2.15 bits per heavy atom. The average molecular weight is 534 g/mol. The van der Waals surface area contributed by atoms with Crippen LogP contribution in [0.1, 0.15) is 22.0 Å². The molecule has 206 valence electrons. The highest BCUT2D eigenvalue weighted by Crippen LogP contribution is 2.34. The van der Waals surface area contributed by atoms with E-state index < -0.39 is 10.8 Å². The Labute approximate surface area is 228 Å². The molecule has 0 spiro atoms. The standard InChI is InChI=1S/C29H35N5O5/c1-31(2)22-12-10-21(11-13-22)26(33-16-14-32(15-17-33)23-8-6-5-7-9-23)20-30-29(35)24-18-27(38-3)28(39-4)19-25(24)34(36)37/h5-13,18-19,26H,14-17,20H2,1-4H3,(H,30,35). The number of rotatable bonds is 10. The molecule has 1 aliphatic rings. The number of benzene rings is 3. The van der Waals surface area contributed by atoms with Gasteiger partial charge in [0.15, 0.2) is 11.5 Å². The molecule has 39 heavy (non-hydrogen) atoms. The van der Waals surface area contributed by atoms with Crippen molar-refractivity contribution in [2.45, 2.75) is 6.04 Å². The number of carbonyl (C=O) groups is 1. The van der Waals surface area contributed by atoms with Crippen LogP contribution in [0.5, 0.6) is 11.5 Å². The molecular formula is C29H35N5O5. The van der Waals surface area contributed by atoms with Gasteiger partial charge < -0.3 is 24.6 Å². The van der Waals surface area contributed by atoms with Crippen molar-refractivity contribution in [3.05, 3.63) is 88.0 Å². The second-order valence-electron chi connectivity index (χ2n) is 9.55. The van der Waals surface area contributed by atoms with Crippen LogP contribution in [0.2, 0.25) is 0 Å². The Morgan fingerprint density at radius 1 is 0.974 bits per heavy atom. The van der Waals surface area contributed by atoms with Gasteiger partial charge in [-0.15, -0.1) is 0 Å². The fraction of sp³-hybridized carbons (Fsp3) is 0.345. The summed E-state index contributed by atoms with van der Waals surface area (Å²) in [5, 5.41) is 14.7. The van der Waals surface area contributed by atoms with Crippen LogP contribution in [-0.2, 0) is 0 Å². The molecule has 0 bridgehead atoms. The third-order valence-electron chi connectivity index (χ3n) is 7.07. The van der Waals surface area contributed by atoms with Gasteiger partial charge in [-0.25, -0.2) is 0 Å². The third-order valence-corrected chi connectivity index (χ3v) is 7.07. The fourth-order valence-electron chi connectivity index (χ4n) is 4.87. The Morgan fingerprint density at radius 2 is 1.59 bits per heavy atom. The SMILES string of the molecule is COc1cc(C(=O)NCC(c2ccc(N(C)C)cc2)N2CCN(c3ccccc3)CC2)c([N+](=O)[O-])cc1OC. The maximum atomic E-state index is 13.3. The van der Waals surface area contributed by atoms with Crippen molar-refractivity contribution in [2.24, 2.45) is 0 Å². The Bertz CT molecular complexity index is 1280. The van der Waals surface area contributed by atoms with Gasteiger partial charge in [0.05, 0.1) is 31.3 Å². The molecule has 0 radical (unpaired) electrons. The quantitative estimate of drug-likeness (QED) is 0.309. The number of amides is 1. The number of nitro groups is 1. The summed E-state index contributed by atoms with van der Waals surface area (Å²) in [6.07, 6.45) is 0. The van der Waals surface area contributed by atoms with E-state index >= 15 is 0 Å². The minimum Gasteiger partial charge on any atom is -0.493 e. The molecule has 1 aliphatic heterocycles. The van der Waals surface area contributed by atoms with Crippen LogP contribution >= 0.6 is 0 Å². The first-order valence-electron chi connectivity index (χ1n) is 12.8. The maximum absolute atomic E-state index is 13.3. The summed E-state index contributed by atoms with van der Waals surface area (Å²) in [5.74, 6) is -0.0995. The van der Waals surface area contributed by atoms with E-state index in [-0.39, 0.29) is 35.3 Å². The minimum absolute atomic E-state index is 0.0757. The molecule has 10 nitrogen and oxygen atoms in total. The van der Waals surface area contributed by atoms with Gasteiger partial charge in [-0.2, -0.15) is 0 Å². The number of ether oxygens (including phenoxy) is 2. The number of hydrogen-bond donors (Lipinski definition) is 1. The number of methoxy groups -OCH3 is 2. The monoisotopic (exact) mass is 533 g/mol. The van der Waals surface area contributed by atoms with Gasteiger partial charge >= 0.3 is 0 Å². The van der Waals surface area contributed by atoms with Crippen molar-refractivity contribution < 1.29 is 19.2 Å². The van der Waals surface area contributed by atoms with Crippen molar-refractivity contribution in [3.63, 3.8) is 0 Å². The number of hydrogen-bond acceptors (Lipinski definition) is 8. The number of nitrogens with one attached hydrogen (secondary N) is 1. The van der Waals surface area contributed by atoms with E-state index in [1.165, 1.54) is 32.0 Å². The maximum Gasteiger partial charge on any atom is 0.286 e. The lowest BCUT2D eigenvalue weighted by atomic mass is 10.0. The zero-order valence-corrected chi connectivity index (χ0v) is 22.8. The smallest absolute Gasteiger partial charge is 0.286 e. The molecule has 3 aromatic carbocycles. The highest BCUT2D eigenvalue weighted by atomic mass is 16.6. The van der Waals surface area contributed by atoms with E-state index in [2.05, 4.69) is 51.5 Å². The zero-order chi connectivity index (χ0) is 27.9. The summed E-state index contributed by atoms with van der Waals surface area (Å²) in [4.78, 5) is 31.2. The van der Waals surface area contributed by atoms with Crippen LogP contribution in [-0.4, -0.2) is 76.8 Å². The Kier molecular flexibility index (Phi) is 8.88. The zero-order valence-electron chi connectivity index (χ0n) is 22.8. The van der Waals surface area contributed by atoms with Gasteiger partial charge in [0.2, 0.25) is 0 Å². The molecule has 1 amide bonds. The average Bonchev–Trinajstić information content (AvgIpc) is 2.97. The minimum atomic E-state index is -0.586. The number of nitrogens with zero attached hydrogens (tertiary/aromatic N) is 4. The van der Waals surface area contributed by atoms with Gasteiger partial charge in [-0.3, -0.25) is 19.8 Å². The second kappa shape index (κ2) is 12.5. The van der Waals surface area contributed by atoms with Crippen LogP contribution in [0.4, 0.5) is 17.1 Å². The van der Waals surface area contributed by atoms with E-state index in [0.29, 0.717) is 0 Å². The lowest BCUT2D eigenvalue weighted by molar-refractivity contribution is -0.385. The predicted molar refractivity (Wildman–Crippen MR) is 152 cm³/mol. The molecule has 4 rings (SSSR count). The summed E-state index contributed by atoms with van der Waals surface area (Å²) < 4.78 is 10.5. The topological polar surface area (TPSA) is 100 Å². The largest absolute Gasteiger partial charge is 0.493 e. The van der Waals surface area contributed by atoms with Crippen LogP contribution in [0, 0.1) is 10.1 Å². The molecule has 1 unspecified atom stereocenters. The molecule has 10 heteroatoms. The molecule has 0 saturated carbocycles. The Hall–Kier alpha value is -4.31. The van der Waals surface area contributed by atoms with Gasteiger partial charge in [0.1, 0.15) is 5.56 Å². The fourth-order valence-corrected chi connectivity index (χ4v) is 4.87. The number of carbonyl (C=O) groups excluding carboxylic acids is 1. The first-order valence-corrected chi connectivity index (χ1v) is 12.8. The van der Waals surface area contributed by atoms with Gasteiger partial charge in [-0.1, -0.05) is 30.3 Å². The van der Waals surface area contributed by atoms with Crippen molar-refractivity contribution >= 4 is 23.0 Å². The summed E-state index contributed by atoms with van der Waals surface area (Å²) >= 11 is 0. The number of nitro benzene ring substituents is 1. The molecule has 0 aromatic heterocycles. The number of anilines is 2. The van der Waals surface area contributed by atoms with Gasteiger partial charge in [-0.05, 0) is 29.8 Å². The number of para-hydroxylation sites is 1. The van der Waals surface area contributed by atoms with Crippen molar-refractivity contribution in [2.75, 3.05) is 70.8 Å². The van der Waals surface area contributed by atoms with Crippen LogP contribution in [0.15, 0.2) is 66.7 Å². The molecule has 1 N–H and O–H groups in total. The van der Waals surface area contributed by atoms with Crippen LogP contribution < -0.4 is 24.6 Å². The van der Waals surface area contributed by atoms with Crippen molar-refractivity contribution in [1.29, 1.82) is 0 Å². The first-order chi connectivity index (χ1) is 18.8. The summed E-state index contributed by atoms with van der Waals surface area (Å²) in [6.45, 7) is 3.61. The van der Waals surface area contributed by atoms with Gasteiger partial charge in [0.25, 0.3) is 11.6 Å². The van der Waals surface area contributed by atoms with E-state index in [1.807, 2.05) is 37.2 Å². The van der Waals surface area contributed by atoms with E-state index in [9.17, 15) is 14.9 Å². The molecule has 3 aromatic rings. The van der Waals surface area contributed by atoms with Crippen molar-refractivity contribution in [1.82, 2.24) is 10.2 Å². The second-order valence-corrected chi connectivity index (χ2v) is 9.55. The number of piperazine rings is 1. The normalized spacial score (nSPS) is 14.4. The molecular weight excluding hydrogens is 498 g/mol. The Balaban J connectivity index is 1.56. The van der Waals surface area contributed by atoms with E-state index in [4.69, 9.17) is 9.47 Å². The highest BCUT2D eigenvalue weighted by Gasteiger charge is 2.28. The van der Waals surface area contributed by atoms with E-state index in [1.54, 1.807) is 0 Å². The third kappa shape index (κ3) is 6.40. The van der Waals surface area contributed by atoms with E-state index in [0.717, 1.165) is 37.4 Å². The van der Waals surface area contributed by atoms with Crippen LogP contribution in [0.25, 0.3) is 0 Å². The predicted octanol–water partition coefficient (Wildman–Crippen LogP) is 3.97. The first kappa shape index (κ1) is 27.7. The lowest BCUT2D eigenvalue weighted by Gasteiger charge is -2.40. The van der Waals surface area contributed by atoms with Gasteiger partial charge in [0, 0.05) is 64.3 Å². The molecule has 1 saturated heterocycles. The summed E-state index contributed by atoms with van der Waals surface area (Å²) in [7, 11) is 6.80. The molecule has 1 atom stereocenters. The van der Waals surface area contributed by atoms with Crippen molar-refractivity contribution in [3.8, 4) is 11.5 Å². The molecule has 1 heterocycles. The summed E-state index contributed by atoms with van der Waals surface area (Å²) in [5.41, 5.74) is 2.92. The van der Waals surface area contributed by atoms with Crippen LogP contribution in [0.3, 0.4) is 0 Å².